The van der Waals surface area contributed by atoms with Gasteiger partial charge in [-0.1, -0.05) is 43.2 Å². The lowest BCUT2D eigenvalue weighted by molar-refractivity contribution is -0.131. The van der Waals surface area contributed by atoms with Crippen molar-refractivity contribution in [3.05, 3.63) is 35.9 Å². The van der Waals surface area contributed by atoms with Crippen LogP contribution in [-0.2, 0) is 9.53 Å². The van der Waals surface area contributed by atoms with Gasteiger partial charge in [0.2, 0.25) is 0 Å². The summed E-state index contributed by atoms with van der Waals surface area (Å²) in [4.78, 5) is 12.3. The zero-order valence-corrected chi connectivity index (χ0v) is 12.6. The largest absolute Gasteiger partial charge is 0.396 e. The van der Waals surface area contributed by atoms with E-state index in [1.54, 1.807) is 7.11 Å². The molecule has 1 aliphatic carbocycles. The maximum Gasteiger partial charge on any atom is 0.253 e. The maximum atomic E-state index is 12.3. The Balaban J connectivity index is 1.90. The van der Waals surface area contributed by atoms with Crippen molar-refractivity contribution in [2.45, 2.75) is 31.8 Å². The Morgan fingerprint density at radius 1 is 1.29 bits per heavy atom. The Kier molecular flexibility index (Phi) is 6.21. The summed E-state index contributed by atoms with van der Waals surface area (Å²) in [6.45, 7) is 0.837. The average Bonchev–Trinajstić information content (AvgIpc) is 2.55. The van der Waals surface area contributed by atoms with Gasteiger partial charge in [0, 0.05) is 20.3 Å². The third kappa shape index (κ3) is 4.29. The van der Waals surface area contributed by atoms with Crippen LogP contribution in [-0.4, -0.2) is 31.3 Å². The SMILES string of the molecule is COC(C(=O)NCC1CCCCC1CO)c1ccccc1. The first kappa shape index (κ1) is 16.0. The quantitative estimate of drug-likeness (QED) is 0.845. The fourth-order valence-electron chi connectivity index (χ4n) is 3.14. The second-order valence-corrected chi connectivity index (χ2v) is 5.76. The number of aliphatic hydroxyl groups excluding tert-OH is 1. The van der Waals surface area contributed by atoms with E-state index in [2.05, 4.69) is 5.32 Å². The summed E-state index contributed by atoms with van der Waals surface area (Å²) in [5, 5.41) is 12.4. The average molecular weight is 291 g/mol. The summed E-state index contributed by atoms with van der Waals surface area (Å²) in [5.74, 6) is 0.587. The number of aliphatic hydroxyl groups is 1. The van der Waals surface area contributed by atoms with Crippen molar-refractivity contribution in [2.24, 2.45) is 11.8 Å². The van der Waals surface area contributed by atoms with Crippen LogP contribution in [0.5, 0.6) is 0 Å². The van der Waals surface area contributed by atoms with Gasteiger partial charge in [-0.3, -0.25) is 4.79 Å². The summed E-state index contributed by atoms with van der Waals surface area (Å²) < 4.78 is 5.33. The number of carbonyl (C=O) groups excluding carboxylic acids is 1. The van der Waals surface area contributed by atoms with E-state index in [-0.39, 0.29) is 12.5 Å². The topological polar surface area (TPSA) is 58.6 Å². The molecule has 1 aromatic rings. The van der Waals surface area contributed by atoms with Crippen molar-refractivity contribution in [1.82, 2.24) is 5.32 Å². The lowest BCUT2D eigenvalue weighted by atomic mass is 9.79. The first-order valence-corrected chi connectivity index (χ1v) is 7.72. The van der Waals surface area contributed by atoms with E-state index in [1.807, 2.05) is 30.3 Å². The highest BCUT2D eigenvalue weighted by atomic mass is 16.5. The second kappa shape index (κ2) is 8.15. The van der Waals surface area contributed by atoms with Crippen LogP contribution in [0.3, 0.4) is 0 Å². The molecule has 0 aromatic heterocycles. The Bertz CT molecular complexity index is 435. The van der Waals surface area contributed by atoms with Crippen LogP contribution in [0.15, 0.2) is 30.3 Å². The Morgan fingerprint density at radius 2 is 1.95 bits per heavy atom. The molecule has 1 fully saturated rings. The molecule has 0 radical (unpaired) electrons. The lowest BCUT2D eigenvalue weighted by Gasteiger charge is -2.30. The first-order valence-electron chi connectivity index (χ1n) is 7.72. The van der Waals surface area contributed by atoms with E-state index in [0.29, 0.717) is 18.4 Å². The number of amides is 1. The minimum Gasteiger partial charge on any atom is -0.396 e. The molecule has 2 rings (SSSR count). The standard InChI is InChI=1S/C17H25NO3/c1-21-16(13-7-3-2-4-8-13)17(20)18-11-14-9-5-6-10-15(14)12-19/h2-4,7-8,14-16,19H,5-6,9-12H2,1H3,(H,18,20). The molecule has 21 heavy (non-hydrogen) atoms. The number of methoxy groups -OCH3 is 1. The van der Waals surface area contributed by atoms with E-state index in [1.165, 1.54) is 12.8 Å². The van der Waals surface area contributed by atoms with Gasteiger partial charge in [0.05, 0.1) is 0 Å². The van der Waals surface area contributed by atoms with Gasteiger partial charge in [0.1, 0.15) is 0 Å². The summed E-state index contributed by atoms with van der Waals surface area (Å²) in [6.07, 6.45) is 3.93. The highest BCUT2D eigenvalue weighted by molar-refractivity contribution is 5.82. The molecule has 0 aliphatic heterocycles. The van der Waals surface area contributed by atoms with Gasteiger partial charge in [0.25, 0.3) is 5.91 Å². The Morgan fingerprint density at radius 3 is 2.57 bits per heavy atom. The van der Waals surface area contributed by atoms with E-state index in [4.69, 9.17) is 4.74 Å². The third-order valence-corrected chi connectivity index (χ3v) is 4.42. The summed E-state index contributed by atoms with van der Waals surface area (Å²) in [7, 11) is 1.55. The molecule has 0 spiro atoms. The highest BCUT2D eigenvalue weighted by Gasteiger charge is 2.26. The number of hydrogen-bond donors (Lipinski definition) is 2. The number of rotatable bonds is 6. The molecule has 1 saturated carbocycles. The third-order valence-electron chi connectivity index (χ3n) is 4.42. The fraction of sp³-hybridized carbons (Fsp3) is 0.588. The van der Waals surface area contributed by atoms with E-state index < -0.39 is 6.10 Å². The van der Waals surface area contributed by atoms with Gasteiger partial charge in [0.15, 0.2) is 6.10 Å². The van der Waals surface area contributed by atoms with Crippen molar-refractivity contribution >= 4 is 5.91 Å². The molecule has 0 bridgehead atoms. The van der Waals surface area contributed by atoms with Crippen molar-refractivity contribution in [1.29, 1.82) is 0 Å². The molecule has 3 atom stereocenters. The first-order chi connectivity index (χ1) is 10.3. The molecule has 1 aromatic carbocycles. The molecule has 2 N–H and O–H groups in total. The van der Waals surface area contributed by atoms with Crippen LogP contribution in [0.4, 0.5) is 0 Å². The molecule has 4 nitrogen and oxygen atoms in total. The van der Waals surface area contributed by atoms with E-state index >= 15 is 0 Å². The fourth-order valence-corrected chi connectivity index (χ4v) is 3.14. The Hall–Kier alpha value is -1.39. The monoisotopic (exact) mass is 291 g/mol. The predicted octanol–water partition coefficient (Wildman–Crippen LogP) is 2.29. The molecule has 4 heteroatoms. The van der Waals surface area contributed by atoms with Crippen molar-refractivity contribution in [3.8, 4) is 0 Å². The van der Waals surface area contributed by atoms with Crippen LogP contribution in [0.1, 0.15) is 37.4 Å². The van der Waals surface area contributed by atoms with Gasteiger partial charge in [-0.25, -0.2) is 0 Å². The second-order valence-electron chi connectivity index (χ2n) is 5.76. The molecular formula is C17H25NO3. The smallest absolute Gasteiger partial charge is 0.253 e. The molecule has 1 amide bonds. The highest BCUT2D eigenvalue weighted by Crippen LogP contribution is 2.29. The van der Waals surface area contributed by atoms with Crippen molar-refractivity contribution in [2.75, 3.05) is 20.3 Å². The van der Waals surface area contributed by atoms with Crippen LogP contribution >= 0.6 is 0 Å². The zero-order valence-electron chi connectivity index (χ0n) is 12.6. The normalized spacial score (nSPS) is 23.5. The summed E-state index contributed by atoms with van der Waals surface area (Å²) in [6, 6.07) is 9.51. The van der Waals surface area contributed by atoms with Crippen LogP contribution in [0.25, 0.3) is 0 Å². The van der Waals surface area contributed by atoms with Gasteiger partial charge in [-0.2, -0.15) is 0 Å². The Labute approximate surface area is 126 Å². The number of nitrogens with one attached hydrogen (secondary N) is 1. The number of carbonyl (C=O) groups is 1. The van der Waals surface area contributed by atoms with Crippen LogP contribution in [0.2, 0.25) is 0 Å². The van der Waals surface area contributed by atoms with Gasteiger partial charge in [-0.15, -0.1) is 0 Å². The van der Waals surface area contributed by atoms with Gasteiger partial charge >= 0.3 is 0 Å². The molecular weight excluding hydrogens is 266 g/mol. The molecule has 0 heterocycles. The number of benzene rings is 1. The van der Waals surface area contributed by atoms with Gasteiger partial charge < -0.3 is 15.2 Å². The minimum atomic E-state index is -0.567. The van der Waals surface area contributed by atoms with Crippen LogP contribution in [0, 0.1) is 11.8 Å². The minimum absolute atomic E-state index is 0.106. The zero-order chi connectivity index (χ0) is 15.1. The van der Waals surface area contributed by atoms with Gasteiger partial charge in [-0.05, 0) is 30.2 Å². The van der Waals surface area contributed by atoms with Crippen molar-refractivity contribution in [3.63, 3.8) is 0 Å². The lowest BCUT2D eigenvalue weighted by Crippen LogP contribution is -2.38. The molecule has 3 unspecified atom stereocenters. The maximum absolute atomic E-state index is 12.3. The summed E-state index contributed by atoms with van der Waals surface area (Å²) in [5.41, 5.74) is 0.861. The molecule has 1 aliphatic rings. The summed E-state index contributed by atoms with van der Waals surface area (Å²) >= 11 is 0. The molecule has 0 saturated heterocycles. The van der Waals surface area contributed by atoms with E-state index in [9.17, 15) is 9.90 Å². The predicted molar refractivity (Wildman–Crippen MR) is 81.7 cm³/mol. The number of hydrogen-bond acceptors (Lipinski definition) is 3. The van der Waals surface area contributed by atoms with Crippen LogP contribution < -0.4 is 5.32 Å². The van der Waals surface area contributed by atoms with E-state index in [0.717, 1.165) is 18.4 Å². The molecule has 116 valence electrons. The van der Waals surface area contributed by atoms with Crippen molar-refractivity contribution < 1.29 is 14.6 Å². The number of ether oxygens (including phenoxy) is 1.